The SMILES string of the molecule is Nc1nc(Nc2ccc(-c3ccc(NC(=O)CCCCC4SC[C@@H]5NC(=O)N[C@H]45)cc3)cc2)n[nH]1. The lowest BCUT2D eigenvalue weighted by atomic mass is 10.0. The molecule has 11 heteroatoms. The second-order valence-corrected chi connectivity index (χ2v) is 10.0. The Morgan fingerprint density at radius 2 is 1.74 bits per heavy atom. The number of fused-ring (bicyclic) bond motifs is 1. The molecule has 2 saturated heterocycles. The molecule has 5 rings (SSSR count). The van der Waals surface area contributed by atoms with Crippen LogP contribution in [0.2, 0.25) is 0 Å². The molecule has 0 spiro atoms. The van der Waals surface area contributed by atoms with Crippen molar-refractivity contribution in [3.8, 4) is 11.1 Å². The number of aromatic nitrogens is 3. The first kappa shape index (κ1) is 23.0. The number of benzene rings is 2. The molecule has 0 saturated carbocycles. The molecule has 2 aliphatic heterocycles. The minimum Gasteiger partial charge on any atom is -0.368 e. The highest BCUT2D eigenvalue weighted by molar-refractivity contribution is 8.00. The Kier molecular flexibility index (Phi) is 6.75. The molecule has 1 aromatic heterocycles. The Labute approximate surface area is 207 Å². The fourth-order valence-corrected chi connectivity index (χ4v) is 5.99. The number of amides is 3. The van der Waals surface area contributed by atoms with Crippen molar-refractivity contribution in [2.45, 2.75) is 43.0 Å². The summed E-state index contributed by atoms with van der Waals surface area (Å²) in [4.78, 5) is 27.9. The summed E-state index contributed by atoms with van der Waals surface area (Å²) in [5.41, 5.74) is 9.29. The van der Waals surface area contributed by atoms with Gasteiger partial charge in [-0.05, 0) is 48.2 Å². The zero-order valence-corrected chi connectivity index (χ0v) is 19.9. The van der Waals surface area contributed by atoms with Crippen LogP contribution in [0.1, 0.15) is 25.7 Å². The van der Waals surface area contributed by atoms with Gasteiger partial charge in [0.05, 0.1) is 12.1 Å². The van der Waals surface area contributed by atoms with Crippen molar-refractivity contribution >= 4 is 47.0 Å². The number of rotatable bonds is 9. The second kappa shape index (κ2) is 10.3. The summed E-state index contributed by atoms with van der Waals surface area (Å²) < 4.78 is 0. The van der Waals surface area contributed by atoms with Crippen molar-refractivity contribution in [3.63, 3.8) is 0 Å². The van der Waals surface area contributed by atoms with E-state index in [0.717, 1.165) is 47.5 Å². The summed E-state index contributed by atoms with van der Waals surface area (Å²) in [6.45, 7) is 0. The van der Waals surface area contributed by atoms with E-state index in [9.17, 15) is 9.59 Å². The maximum Gasteiger partial charge on any atom is 0.315 e. The zero-order chi connectivity index (χ0) is 24.2. The van der Waals surface area contributed by atoms with Crippen molar-refractivity contribution < 1.29 is 9.59 Å². The number of carbonyl (C=O) groups excluding carboxylic acids is 2. The molecule has 0 bridgehead atoms. The van der Waals surface area contributed by atoms with E-state index in [1.54, 1.807) is 0 Å². The predicted molar refractivity (Wildman–Crippen MR) is 139 cm³/mol. The van der Waals surface area contributed by atoms with E-state index in [-0.39, 0.29) is 30.0 Å². The van der Waals surface area contributed by atoms with Crippen molar-refractivity contribution in [2.75, 3.05) is 22.1 Å². The number of hydrogen-bond donors (Lipinski definition) is 6. The summed E-state index contributed by atoms with van der Waals surface area (Å²) in [7, 11) is 0. The maximum absolute atomic E-state index is 12.4. The molecule has 35 heavy (non-hydrogen) atoms. The number of anilines is 4. The Hall–Kier alpha value is -3.73. The number of nitrogens with two attached hydrogens (primary N) is 1. The lowest BCUT2D eigenvalue weighted by molar-refractivity contribution is -0.116. The van der Waals surface area contributed by atoms with Crippen molar-refractivity contribution in [1.82, 2.24) is 25.8 Å². The van der Waals surface area contributed by atoms with Gasteiger partial charge in [0, 0.05) is 28.8 Å². The van der Waals surface area contributed by atoms with E-state index in [2.05, 4.69) is 36.4 Å². The first-order valence-electron chi connectivity index (χ1n) is 11.7. The summed E-state index contributed by atoms with van der Waals surface area (Å²) in [5.74, 6) is 1.66. The molecule has 0 radical (unpaired) electrons. The number of nitrogens with zero attached hydrogens (tertiary/aromatic N) is 2. The lowest BCUT2D eigenvalue weighted by Crippen LogP contribution is -2.36. The van der Waals surface area contributed by atoms with Crippen LogP contribution in [-0.2, 0) is 4.79 Å². The molecule has 7 N–H and O–H groups in total. The standard InChI is InChI=1S/C24H28N8O2S/c25-22-30-23(32-31-22)27-17-11-7-15(8-12-17)14-5-9-16(10-6-14)26-20(33)4-2-1-3-19-21-18(13-35-19)28-24(34)29-21/h5-12,18-19,21H,1-4,13H2,(H,26,33)(H2,28,29,34)(H4,25,27,30,31,32)/t18-,19?,21-/m0/s1. The highest BCUT2D eigenvalue weighted by Gasteiger charge is 2.42. The Morgan fingerprint density at radius 1 is 1.03 bits per heavy atom. The predicted octanol–water partition coefficient (Wildman–Crippen LogP) is 3.46. The number of unbranched alkanes of at least 4 members (excludes halogenated alkanes) is 1. The van der Waals surface area contributed by atoms with Gasteiger partial charge in [0.25, 0.3) is 0 Å². The third-order valence-corrected chi connectivity index (χ3v) is 7.74. The minimum atomic E-state index is -0.0570. The van der Waals surface area contributed by atoms with Crippen molar-refractivity contribution in [3.05, 3.63) is 48.5 Å². The number of carbonyl (C=O) groups is 2. The van der Waals surface area contributed by atoms with Gasteiger partial charge in [0.2, 0.25) is 17.8 Å². The van der Waals surface area contributed by atoms with Crippen LogP contribution in [0.3, 0.4) is 0 Å². The van der Waals surface area contributed by atoms with Crippen LogP contribution < -0.4 is 27.0 Å². The first-order chi connectivity index (χ1) is 17.0. The molecule has 0 aliphatic carbocycles. The van der Waals surface area contributed by atoms with E-state index in [0.29, 0.717) is 17.6 Å². The average molecular weight is 493 g/mol. The molecule has 182 valence electrons. The number of nitrogens with one attached hydrogen (secondary N) is 5. The number of hydrogen-bond acceptors (Lipinski definition) is 7. The molecule has 2 aliphatic rings. The van der Waals surface area contributed by atoms with Gasteiger partial charge in [-0.15, -0.1) is 5.10 Å². The number of aromatic amines is 1. The van der Waals surface area contributed by atoms with Gasteiger partial charge in [-0.25, -0.2) is 9.89 Å². The van der Waals surface area contributed by atoms with Gasteiger partial charge >= 0.3 is 6.03 Å². The third kappa shape index (κ3) is 5.68. The molecule has 1 unspecified atom stereocenters. The highest BCUT2D eigenvalue weighted by atomic mass is 32.2. The lowest BCUT2D eigenvalue weighted by Gasteiger charge is -2.16. The quantitative estimate of drug-likeness (QED) is 0.198. The fourth-order valence-electron chi connectivity index (χ4n) is 4.45. The van der Waals surface area contributed by atoms with Crippen LogP contribution in [0.15, 0.2) is 48.5 Å². The summed E-state index contributed by atoms with van der Waals surface area (Å²) >= 11 is 1.91. The van der Waals surface area contributed by atoms with E-state index in [1.807, 2.05) is 60.3 Å². The largest absolute Gasteiger partial charge is 0.368 e. The van der Waals surface area contributed by atoms with Crippen LogP contribution in [0.4, 0.5) is 28.1 Å². The average Bonchev–Trinajstić information content (AvgIpc) is 3.54. The van der Waals surface area contributed by atoms with Gasteiger partial charge in [0.15, 0.2) is 0 Å². The highest BCUT2D eigenvalue weighted by Crippen LogP contribution is 2.33. The maximum atomic E-state index is 12.4. The molecule has 2 aromatic carbocycles. The van der Waals surface area contributed by atoms with Crippen LogP contribution in [0.5, 0.6) is 0 Å². The monoisotopic (exact) mass is 492 g/mol. The smallest absolute Gasteiger partial charge is 0.315 e. The van der Waals surface area contributed by atoms with E-state index >= 15 is 0 Å². The number of nitrogen functional groups attached to an aromatic ring is 1. The number of urea groups is 1. The molecule has 2 fully saturated rings. The van der Waals surface area contributed by atoms with Gasteiger partial charge in [-0.2, -0.15) is 16.7 Å². The van der Waals surface area contributed by atoms with Crippen molar-refractivity contribution in [2.24, 2.45) is 0 Å². The van der Waals surface area contributed by atoms with Gasteiger partial charge in [0.1, 0.15) is 0 Å². The van der Waals surface area contributed by atoms with E-state index in [1.165, 1.54) is 0 Å². The van der Waals surface area contributed by atoms with Crippen LogP contribution in [0.25, 0.3) is 11.1 Å². The van der Waals surface area contributed by atoms with Gasteiger partial charge in [-0.1, -0.05) is 30.7 Å². The minimum absolute atomic E-state index is 0.0218. The number of H-pyrrole nitrogens is 1. The summed E-state index contributed by atoms with van der Waals surface area (Å²) in [6, 6.07) is 16.1. The normalized spacial score (nSPS) is 20.7. The number of thioether (sulfide) groups is 1. The molecule has 3 amide bonds. The first-order valence-corrected chi connectivity index (χ1v) is 12.7. The Bertz CT molecular complexity index is 1180. The molecule has 3 heterocycles. The molecule has 3 atom stereocenters. The van der Waals surface area contributed by atoms with Crippen LogP contribution in [0, 0.1) is 0 Å². The zero-order valence-electron chi connectivity index (χ0n) is 19.1. The molecule has 3 aromatic rings. The molecular formula is C24H28N8O2S. The van der Waals surface area contributed by atoms with E-state index in [4.69, 9.17) is 5.73 Å². The molecular weight excluding hydrogens is 464 g/mol. The summed E-state index contributed by atoms with van der Waals surface area (Å²) in [5, 5.41) is 19.0. The topological polar surface area (TPSA) is 150 Å². The van der Waals surface area contributed by atoms with Crippen LogP contribution in [-0.4, -0.2) is 50.2 Å². The fraction of sp³-hybridized carbons (Fsp3) is 0.333. The van der Waals surface area contributed by atoms with Gasteiger partial charge < -0.3 is 27.0 Å². The Morgan fingerprint density at radius 3 is 2.43 bits per heavy atom. The molecule has 10 nitrogen and oxygen atoms in total. The van der Waals surface area contributed by atoms with Gasteiger partial charge in [-0.3, -0.25) is 4.79 Å². The van der Waals surface area contributed by atoms with Crippen LogP contribution >= 0.6 is 11.8 Å². The Balaban J connectivity index is 1.05. The second-order valence-electron chi connectivity index (χ2n) is 8.74. The van der Waals surface area contributed by atoms with E-state index < -0.39 is 0 Å². The van der Waals surface area contributed by atoms with Crippen molar-refractivity contribution in [1.29, 1.82) is 0 Å². The summed E-state index contributed by atoms with van der Waals surface area (Å²) in [6.07, 6.45) is 3.30. The third-order valence-electron chi connectivity index (χ3n) is 6.23.